The number of unbranched alkanes of at least 4 members (excludes halogenated alkanes) is 1. The number of carbonyl (C=O) groups is 3. The minimum absolute atomic E-state index is 0.194. The van der Waals surface area contributed by atoms with Gasteiger partial charge in [-0.25, -0.2) is 9.59 Å². The van der Waals surface area contributed by atoms with E-state index < -0.39 is 29.7 Å². The maximum absolute atomic E-state index is 12.7. The first-order valence-corrected chi connectivity index (χ1v) is 13.0. The molecule has 2 rings (SSSR count). The van der Waals surface area contributed by atoms with E-state index in [9.17, 15) is 14.4 Å². The number of nitrogens with zero attached hydrogens (tertiary/aromatic N) is 1. The van der Waals surface area contributed by atoms with Gasteiger partial charge in [-0.2, -0.15) is 0 Å². The van der Waals surface area contributed by atoms with Crippen LogP contribution in [0.5, 0.6) is 0 Å². The van der Waals surface area contributed by atoms with Crippen molar-refractivity contribution >= 4 is 18.0 Å². The summed E-state index contributed by atoms with van der Waals surface area (Å²) in [6, 6.07) is -1.22. The molecular weight excluding hydrogens is 450 g/mol. The number of esters is 1. The molecule has 2 amide bonds. The number of hydrogen-bond donors (Lipinski definition) is 2. The summed E-state index contributed by atoms with van der Waals surface area (Å²) < 4.78 is 16.7. The van der Waals surface area contributed by atoms with Gasteiger partial charge in [0.05, 0.1) is 31.3 Å². The van der Waals surface area contributed by atoms with Crippen molar-refractivity contribution in [3.8, 4) is 0 Å². The molecule has 9 nitrogen and oxygen atoms in total. The Morgan fingerprint density at radius 1 is 1.17 bits per heavy atom. The molecule has 2 aliphatic rings. The van der Waals surface area contributed by atoms with Gasteiger partial charge in [0.15, 0.2) is 0 Å². The van der Waals surface area contributed by atoms with Crippen LogP contribution in [-0.4, -0.2) is 79.5 Å². The summed E-state index contributed by atoms with van der Waals surface area (Å²) in [6.07, 6.45) is 5.80. The molecular formula is C26H45N3O6. The Kier molecular flexibility index (Phi) is 11.5. The summed E-state index contributed by atoms with van der Waals surface area (Å²) in [5.74, 6) is -0.219. The van der Waals surface area contributed by atoms with Gasteiger partial charge < -0.3 is 24.8 Å². The first-order chi connectivity index (χ1) is 16.5. The summed E-state index contributed by atoms with van der Waals surface area (Å²) in [5.41, 5.74) is -0.167. The van der Waals surface area contributed by atoms with Crippen LogP contribution < -0.4 is 10.6 Å². The van der Waals surface area contributed by atoms with Crippen molar-refractivity contribution < 1.29 is 28.6 Å². The number of alkyl carbamates (subject to hydrolysis) is 1. The van der Waals surface area contributed by atoms with Crippen LogP contribution in [0.15, 0.2) is 11.6 Å². The van der Waals surface area contributed by atoms with E-state index >= 15 is 0 Å². The summed E-state index contributed by atoms with van der Waals surface area (Å²) >= 11 is 0. The lowest BCUT2D eigenvalue weighted by Crippen LogP contribution is -2.64. The zero-order valence-electron chi connectivity index (χ0n) is 22.4. The molecule has 9 heteroatoms. The van der Waals surface area contributed by atoms with Crippen LogP contribution in [-0.2, 0) is 23.8 Å². The highest BCUT2D eigenvalue weighted by Crippen LogP contribution is 2.29. The summed E-state index contributed by atoms with van der Waals surface area (Å²) in [7, 11) is 0. The summed E-state index contributed by atoms with van der Waals surface area (Å²) in [5, 5.41) is 5.95. The van der Waals surface area contributed by atoms with Gasteiger partial charge in [-0.15, -0.1) is 0 Å². The van der Waals surface area contributed by atoms with Crippen LogP contribution in [0, 0.1) is 5.92 Å². The maximum Gasteiger partial charge on any atom is 0.407 e. The molecule has 0 aromatic rings. The zero-order chi connectivity index (χ0) is 26.0. The summed E-state index contributed by atoms with van der Waals surface area (Å²) in [4.78, 5) is 39.8. The molecule has 200 valence electrons. The highest BCUT2D eigenvalue weighted by atomic mass is 16.6. The first kappa shape index (κ1) is 29.1. The quantitative estimate of drug-likeness (QED) is 0.354. The smallest absolute Gasteiger partial charge is 0.407 e. The van der Waals surface area contributed by atoms with Crippen LogP contribution in [0.2, 0.25) is 0 Å². The van der Waals surface area contributed by atoms with Crippen molar-refractivity contribution in [2.75, 3.05) is 32.9 Å². The van der Waals surface area contributed by atoms with E-state index in [0.29, 0.717) is 18.1 Å². The van der Waals surface area contributed by atoms with E-state index in [1.54, 1.807) is 27.7 Å². The van der Waals surface area contributed by atoms with Gasteiger partial charge in [0, 0.05) is 32.1 Å². The lowest BCUT2D eigenvalue weighted by atomic mass is 9.84. The second kappa shape index (κ2) is 13.8. The number of ether oxygens (including phenoxy) is 3. The fourth-order valence-corrected chi connectivity index (χ4v) is 4.71. The molecule has 0 aromatic carbocycles. The number of rotatable bonds is 10. The predicted octanol–water partition coefficient (Wildman–Crippen LogP) is 3.17. The third-order valence-electron chi connectivity index (χ3n) is 6.19. The van der Waals surface area contributed by atoms with Crippen LogP contribution in [0.4, 0.5) is 4.79 Å². The predicted molar refractivity (Wildman–Crippen MR) is 134 cm³/mol. The number of nitrogens with one attached hydrogen (secondary N) is 2. The Balaban J connectivity index is 2.28. The molecule has 0 unspecified atom stereocenters. The van der Waals surface area contributed by atoms with Gasteiger partial charge in [-0.05, 0) is 59.4 Å². The molecule has 1 fully saturated rings. The van der Waals surface area contributed by atoms with Gasteiger partial charge in [0.25, 0.3) is 0 Å². The van der Waals surface area contributed by atoms with Crippen molar-refractivity contribution in [3.63, 3.8) is 0 Å². The maximum atomic E-state index is 12.7. The standard InChI is InChI=1S/C26H45N3O6/c1-7-9-13-33-17-19-11-10-12-29(16-19)22-15-20(24(31)34-8-2)14-21(23(22)27-18(3)30)28-25(32)35-26(4,5)6/h15,19,21-23H,7-14,16-17H2,1-6H3,(H,27,30)(H,28,32)/t19-,21-,22+,23-/m0/s1. The Bertz CT molecular complexity index is 748. The van der Waals surface area contributed by atoms with E-state index in [2.05, 4.69) is 22.5 Å². The van der Waals surface area contributed by atoms with Crippen LogP contribution >= 0.6 is 0 Å². The molecule has 4 atom stereocenters. The van der Waals surface area contributed by atoms with Crippen molar-refractivity contribution in [2.24, 2.45) is 5.92 Å². The Labute approximate surface area is 210 Å². The Hall–Kier alpha value is -2.13. The first-order valence-electron chi connectivity index (χ1n) is 13.0. The third kappa shape index (κ3) is 9.80. The molecule has 1 aliphatic carbocycles. The monoisotopic (exact) mass is 495 g/mol. The minimum atomic E-state index is -0.667. The van der Waals surface area contributed by atoms with Crippen molar-refractivity contribution in [2.45, 2.75) is 97.4 Å². The molecule has 0 saturated carbocycles. The third-order valence-corrected chi connectivity index (χ3v) is 6.19. The van der Waals surface area contributed by atoms with Crippen LogP contribution in [0.1, 0.15) is 73.6 Å². The highest BCUT2D eigenvalue weighted by Gasteiger charge is 2.41. The van der Waals surface area contributed by atoms with E-state index in [1.165, 1.54) is 6.92 Å². The Morgan fingerprint density at radius 3 is 2.54 bits per heavy atom. The van der Waals surface area contributed by atoms with Crippen molar-refractivity contribution in [3.05, 3.63) is 11.6 Å². The van der Waals surface area contributed by atoms with Crippen molar-refractivity contribution in [1.29, 1.82) is 0 Å². The average molecular weight is 496 g/mol. The fourth-order valence-electron chi connectivity index (χ4n) is 4.71. The molecule has 0 aromatic heterocycles. The normalized spacial score (nSPS) is 25.4. The molecule has 1 aliphatic heterocycles. The average Bonchev–Trinajstić information content (AvgIpc) is 2.76. The minimum Gasteiger partial charge on any atom is -0.463 e. The van der Waals surface area contributed by atoms with E-state index in [1.807, 2.05) is 6.08 Å². The molecule has 0 spiro atoms. The van der Waals surface area contributed by atoms with Gasteiger partial charge in [0.2, 0.25) is 5.91 Å². The number of amides is 2. The molecule has 2 N–H and O–H groups in total. The molecule has 0 radical (unpaired) electrons. The molecule has 1 saturated heterocycles. The highest BCUT2D eigenvalue weighted by molar-refractivity contribution is 5.89. The second-order valence-electron chi connectivity index (χ2n) is 10.5. The van der Waals surface area contributed by atoms with Gasteiger partial charge in [0.1, 0.15) is 5.60 Å². The fraction of sp³-hybridized carbons (Fsp3) is 0.808. The number of likely N-dealkylation sites (tertiary alicyclic amines) is 1. The van der Waals surface area contributed by atoms with Crippen LogP contribution in [0.25, 0.3) is 0 Å². The second-order valence-corrected chi connectivity index (χ2v) is 10.5. The van der Waals surface area contributed by atoms with Crippen molar-refractivity contribution in [1.82, 2.24) is 15.5 Å². The molecule has 35 heavy (non-hydrogen) atoms. The lowest BCUT2D eigenvalue weighted by molar-refractivity contribution is -0.139. The SMILES string of the molecule is CCCCOC[C@H]1CCCN([C@@H]2C=C(C(=O)OCC)C[C@H](NC(=O)OC(C)(C)C)[C@@H]2NC(C)=O)C1. The Morgan fingerprint density at radius 2 is 1.91 bits per heavy atom. The van der Waals surface area contributed by atoms with E-state index in [0.717, 1.165) is 45.4 Å². The van der Waals surface area contributed by atoms with Gasteiger partial charge in [-0.3, -0.25) is 9.69 Å². The van der Waals surface area contributed by atoms with E-state index in [-0.39, 0.29) is 25.0 Å². The number of hydrogen-bond acceptors (Lipinski definition) is 7. The molecule has 0 bridgehead atoms. The largest absolute Gasteiger partial charge is 0.463 e. The van der Waals surface area contributed by atoms with E-state index in [4.69, 9.17) is 14.2 Å². The summed E-state index contributed by atoms with van der Waals surface area (Å²) in [6.45, 7) is 14.1. The van der Waals surface area contributed by atoms with Gasteiger partial charge >= 0.3 is 12.1 Å². The zero-order valence-corrected chi connectivity index (χ0v) is 22.4. The van der Waals surface area contributed by atoms with Crippen LogP contribution in [0.3, 0.4) is 0 Å². The van der Waals surface area contributed by atoms with Gasteiger partial charge in [-0.1, -0.05) is 19.4 Å². The number of piperidine rings is 1. The number of carbonyl (C=O) groups excluding carboxylic acids is 3. The molecule has 1 heterocycles. The topological polar surface area (TPSA) is 106 Å². The lowest BCUT2D eigenvalue weighted by Gasteiger charge is -2.45.